The Morgan fingerprint density at radius 3 is 2.83 bits per heavy atom. The van der Waals surface area contributed by atoms with Crippen LogP contribution in [0.4, 0.5) is 10.5 Å². The van der Waals surface area contributed by atoms with Crippen molar-refractivity contribution in [3.8, 4) is 5.75 Å². The summed E-state index contributed by atoms with van der Waals surface area (Å²) in [4.78, 5) is 12.3. The highest BCUT2D eigenvalue weighted by Gasteiger charge is 2.31. The number of urea groups is 1. The standard InChI is InChI=1S/C19H22N2O3/c1-3-24-17-9-8-14(10-12(17)2)20-19(23)21-18-15-7-5-4-6-13(15)11-16(18)22/h4-10,16,18,22H,3,11H2,1-2H3,(H2,20,21,23)/t16-,18+/m0/s1. The molecule has 3 rings (SSSR count). The molecule has 0 aliphatic heterocycles. The molecule has 24 heavy (non-hydrogen) atoms. The third-order valence-corrected chi connectivity index (χ3v) is 4.22. The summed E-state index contributed by atoms with van der Waals surface area (Å²) in [6.45, 7) is 4.47. The van der Waals surface area contributed by atoms with Gasteiger partial charge in [-0.25, -0.2) is 4.79 Å². The van der Waals surface area contributed by atoms with Crippen LogP contribution in [0, 0.1) is 6.92 Å². The molecule has 0 fully saturated rings. The van der Waals surface area contributed by atoms with Crippen LogP contribution in [0.2, 0.25) is 0 Å². The van der Waals surface area contributed by atoms with Crippen molar-refractivity contribution in [1.29, 1.82) is 0 Å². The average Bonchev–Trinajstić information content (AvgIpc) is 2.86. The number of benzene rings is 2. The van der Waals surface area contributed by atoms with Crippen molar-refractivity contribution in [2.75, 3.05) is 11.9 Å². The van der Waals surface area contributed by atoms with E-state index in [0.717, 1.165) is 22.4 Å². The number of anilines is 1. The highest BCUT2D eigenvalue weighted by atomic mass is 16.5. The van der Waals surface area contributed by atoms with E-state index in [2.05, 4.69) is 10.6 Å². The zero-order chi connectivity index (χ0) is 17.1. The fraction of sp³-hybridized carbons (Fsp3) is 0.316. The van der Waals surface area contributed by atoms with Crippen LogP contribution >= 0.6 is 0 Å². The SMILES string of the molecule is CCOc1ccc(NC(=O)N[C@@H]2c3ccccc3C[C@@H]2O)cc1C. The van der Waals surface area contributed by atoms with E-state index in [0.29, 0.717) is 18.7 Å². The van der Waals surface area contributed by atoms with Gasteiger partial charge in [0.2, 0.25) is 0 Å². The molecule has 0 saturated carbocycles. The molecule has 0 bridgehead atoms. The molecule has 0 spiro atoms. The number of nitrogens with one attached hydrogen (secondary N) is 2. The number of hydrogen-bond donors (Lipinski definition) is 3. The number of aryl methyl sites for hydroxylation is 1. The summed E-state index contributed by atoms with van der Waals surface area (Å²) in [6.07, 6.45) is -0.0428. The van der Waals surface area contributed by atoms with Crippen LogP contribution < -0.4 is 15.4 Å². The number of carbonyl (C=O) groups is 1. The molecule has 0 unspecified atom stereocenters. The van der Waals surface area contributed by atoms with Gasteiger partial charge in [0.25, 0.3) is 0 Å². The van der Waals surface area contributed by atoms with Crippen LogP contribution in [0.3, 0.4) is 0 Å². The second-order valence-electron chi connectivity index (χ2n) is 5.96. The van der Waals surface area contributed by atoms with Crippen LogP contribution in [0.25, 0.3) is 0 Å². The van der Waals surface area contributed by atoms with Gasteiger partial charge in [-0.15, -0.1) is 0 Å². The topological polar surface area (TPSA) is 70.6 Å². The number of ether oxygens (including phenoxy) is 1. The van der Waals surface area contributed by atoms with Gasteiger partial charge in [0.05, 0.1) is 18.8 Å². The van der Waals surface area contributed by atoms with Gasteiger partial charge in [0.1, 0.15) is 5.75 Å². The normalized spacial score (nSPS) is 18.8. The molecule has 0 heterocycles. The Balaban J connectivity index is 1.67. The highest BCUT2D eigenvalue weighted by molar-refractivity contribution is 5.89. The number of aliphatic hydroxyl groups excluding tert-OH is 1. The summed E-state index contributed by atoms with van der Waals surface area (Å²) >= 11 is 0. The van der Waals surface area contributed by atoms with Gasteiger partial charge in [-0.3, -0.25) is 0 Å². The Morgan fingerprint density at radius 2 is 2.08 bits per heavy atom. The number of carbonyl (C=O) groups excluding carboxylic acids is 1. The summed E-state index contributed by atoms with van der Waals surface area (Å²) in [5.74, 6) is 0.809. The van der Waals surface area contributed by atoms with E-state index < -0.39 is 6.10 Å². The van der Waals surface area contributed by atoms with Gasteiger partial charge in [-0.05, 0) is 48.7 Å². The highest BCUT2D eigenvalue weighted by Crippen LogP contribution is 2.31. The average molecular weight is 326 g/mol. The molecule has 1 aliphatic carbocycles. The van der Waals surface area contributed by atoms with E-state index in [1.54, 1.807) is 6.07 Å². The predicted octanol–water partition coefficient (Wildman–Crippen LogP) is 3.17. The van der Waals surface area contributed by atoms with Crippen LogP contribution in [0.15, 0.2) is 42.5 Å². The Labute approximate surface area is 141 Å². The van der Waals surface area contributed by atoms with Crippen molar-refractivity contribution >= 4 is 11.7 Å². The molecule has 2 aromatic rings. The predicted molar refractivity (Wildman–Crippen MR) is 93.4 cm³/mol. The zero-order valence-corrected chi connectivity index (χ0v) is 13.9. The molecule has 0 radical (unpaired) electrons. The quantitative estimate of drug-likeness (QED) is 0.808. The van der Waals surface area contributed by atoms with Gasteiger partial charge >= 0.3 is 6.03 Å². The van der Waals surface area contributed by atoms with Crippen molar-refractivity contribution in [3.63, 3.8) is 0 Å². The van der Waals surface area contributed by atoms with Crippen molar-refractivity contribution in [2.45, 2.75) is 32.4 Å². The van der Waals surface area contributed by atoms with Gasteiger partial charge < -0.3 is 20.5 Å². The molecule has 2 aromatic carbocycles. The van der Waals surface area contributed by atoms with Crippen LogP contribution in [0.5, 0.6) is 5.75 Å². The van der Waals surface area contributed by atoms with E-state index in [1.165, 1.54) is 0 Å². The van der Waals surface area contributed by atoms with E-state index >= 15 is 0 Å². The summed E-state index contributed by atoms with van der Waals surface area (Å²) in [5.41, 5.74) is 3.70. The summed E-state index contributed by atoms with van der Waals surface area (Å²) in [5, 5.41) is 15.9. The number of hydrogen-bond acceptors (Lipinski definition) is 3. The molecule has 2 atom stereocenters. The van der Waals surface area contributed by atoms with Crippen LogP contribution in [-0.4, -0.2) is 23.8 Å². The van der Waals surface area contributed by atoms with Gasteiger partial charge in [-0.1, -0.05) is 24.3 Å². The lowest BCUT2D eigenvalue weighted by Crippen LogP contribution is -2.36. The molecule has 1 aliphatic rings. The van der Waals surface area contributed by atoms with E-state index in [4.69, 9.17) is 4.74 Å². The Kier molecular flexibility index (Phi) is 4.71. The van der Waals surface area contributed by atoms with Crippen molar-refractivity contribution < 1.29 is 14.6 Å². The Morgan fingerprint density at radius 1 is 1.29 bits per heavy atom. The van der Waals surface area contributed by atoms with Gasteiger partial charge in [-0.2, -0.15) is 0 Å². The fourth-order valence-electron chi connectivity index (χ4n) is 3.10. The summed E-state index contributed by atoms with van der Waals surface area (Å²) in [6, 6.07) is 12.6. The maximum atomic E-state index is 12.3. The first-order chi connectivity index (χ1) is 11.6. The number of rotatable bonds is 4. The minimum atomic E-state index is -0.602. The van der Waals surface area contributed by atoms with Crippen LogP contribution in [0.1, 0.15) is 29.7 Å². The molecule has 5 nitrogen and oxygen atoms in total. The molecule has 3 N–H and O–H groups in total. The molecular formula is C19H22N2O3. The van der Waals surface area contributed by atoms with E-state index in [-0.39, 0.29) is 12.1 Å². The third-order valence-electron chi connectivity index (χ3n) is 4.22. The number of aliphatic hydroxyl groups is 1. The second-order valence-corrected chi connectivity index (χ2v) is 5.96. The summed E-state index contributed by atoms with van der Waals surface area (Å²) < 4.78 is 5.50. The Hall–Kier alpha value is -2.53. The third kappa shape index (κ3) is 3.36. The smallest absolute Gasteiger partial charge is 0.319 e. The zero-order valence-electron chi connectivity index (χ0n) is 13.9. The first kappa shape index (κ1) is 16.3. The minimum absolute atomic E-state index is 0.334. The monoisotopic (exact) mass is 326 g/mol. The molecule has 5 heteroatoms. The minimum Gasteiger partial charge on any atom is -0.494 e. The maximum Gasteiger partial charge on any atom is 0.319 e. The van der Waals surface area contributed by atoms with Gasteiger partial charge in [0.15, 0.2) is 0 Å². The molecular weight excluding hydrogens is 304 g/mol. The first-order valence-corrected chi connectivity index (χ1v) is 8.15. The molecule has 0 aromatic heterocycles. The van der Waals surface area contributed by atoms with Crippen LogP contribution in [-0.2, 0) is 6.42 Å². The van der Waals surface area contributed by atoms with Crippen molar-refractivity contribution in [3.05, 3.63) is 59.2 Å². The fourth-order valence-corrected chi connectivity index (χ4v) is 3.10. The number of fused-ring (bicyclic) bond motifs is 1. The van der Waals surface area contributed by atoms with E-state index in [1.807, 2.05) is 50.2 Å². The van der Waals surface area contributed by atoms with Crippen molar-refractivity contribution in [1.82, 2.24) is 5.32 Å². The van der Waals surface area contributed by atoms with E-state index in [9.17, 15) is 9.90 Å². The lowest BCUT2D eigenvalue weighted by molar-refractivity contribution is 0.144. The maximum absolute atomic E-state index is 12.3. The van der Waals surface area contributed by atoms with Gasteiger partial charge in [0, 0.05) is 12.1 Å². The summed E-state index contributed by atoms with van der Waals surface area (Å²) in [7, 11) is 0. The largest absolute Gasteiger partial charge is 0.494 e. The second kappa shape index (κ2) is 6.93. The molecule has 126 valence electrons. The molecule has 2 amide bonds. The number of amides is 2. The lowest BCUT2D eigenvalue weighted by atomic mass is 10.1. The first-order valence-electron chi connectivity index (χ1n) is 8.15. The Bertz CT molecular complexity index is 745. The van der Waals surface area contributed by atoms with Crippen molar-refractivity contribution in [2.24, 2.45) is 0 Å². The lowest BCUT2D eigenvalue weighted by Gasteiger charge is -2.18. The molecule has 0 saturated heterocycles.